The van der Waals surface area contributed by atoms with Gasteiger partial charge < -0.3 is 0 Å². The molecular formula is C9H16N4O2. The first-order valence-corrected chi connectivity index (χ1v) is 5.42. The zero-order chi connectivity index (χ0) is 10.6. The van der Waals surface area contributed by atoms with Gasteiger partial charge in [-0.3, -0.25) is 24.8 Å². The normalized spacial score (nSPS) is 52.9. The molecule has 6 nitrogen and oxygen atoms in total. The van der Waals surface area contributed by atoms with E-state index in [-0.39, 0.29) is 4.92 Å². The summed E-state index contributed by atoms with van der Waals surface area (Å²) in [4.78, 5) is 17.8. The molecule has 4 rings (SSSR count). The Morgan fingerprint density at radius 1 is 1.27 bits per heavy atom. The zero-order valence-corrected chi connectivity index (χ0v) is 8.93. The molecule has 0 saturated carbocycles. The minimum atomic E-state index is -0.735. The van der Waals surface area contributed by atoms with Gasteiger partial charge in [-0.25, -0.2) is 0 Å². The molecule has 4 aliphatic heterocycles. The lowest BCUT2D eigenvalue weighted by molar-refractivity contribution is -0.579. The Bertz CT molecular complexity index is 310. The lowest BCUT2D eigenvalue weighted by atomic mass is 9.95. The second kappa shape index (κ2) is 2.90. The predicted octanol–water partition coefficient (Wildman–Crippen LogP) is -0.748. The largest absolute Gasteiger partial charge is 0.282 e. The summed E-state index contributed by atoms with van der Waals surface area (Å²) >= 11 is 0. The highest BCUT2D eigenvalue weighted by molar-refractivity contribution is 5.01. The SMILES string of the molecule is CC1CN2CN3CN1CC([N+](=O)[O-])(C2)C3. The third-order valence-electron chi connectivity index (χ3n) is 3.85. The topological polar surface area (TPSA) is 52.9 Å². The molecule has 4 fully saturated rings. The first-order valence-electron chi connectivity index (χ1n) is 5.42. The summed E-state index contributed by atoms with van der Waals surface area (Å²) in [5.41, 5.74) is -0.735. The third-order valence-corrected chi connectivity index (χ3v) is 3.85. The van der Waals surface area contributed by atoms with Crippen LogP contribution in [0.3, 0.4) is 0 Å². The fraction of sp³-hybridized carbons (Fsp3) is 1.00. The van der Waals surface area contributed by atoms with Gasteiger partial charge in [-0.1, -0.05) is 0 Å². The molecule has 5 unspecified atom stereocenters. The van der Waals surface area contributed by atoms with Crippen molar-refractivity contribution in [1.29, 1.82) is 0 Å². The maximum atomic E-state index is 11.2. The van der Waals surface area contributed by atoms with Crippen molar-refractivity contribution in [3.05, 3.63) is 10.1 Å². The third kappa shape index (κ3) is 1.28. The molecule has 0 radical (unpaired) electrons. The van der Waals surface area contributed by atoms with Gasteiger partial charge in [0.05, 0.1) is 33.0 Å². The quantitative estimate of drug-likeness (QED) is 0.423. The predicted molar refractivity (Wildman–Crippen MR) is 53.9 cm³/mol. The Morgan fingerprint density at radius 2 is 2.00 bits per heavy atom. The average molecular weight is 212 g/mol. The molecule has 0 amide bonds. The number of hydrogen-bond donors (Lipinski definition) is 0. The van der Waals surface area contributed by atoms with Crippen LogP contribution in [0, 0.1) is 10.1 Å². The van der Waals surface area contributed by atoms with Crippen LogP contribution in [0.25, 0.3) is 0 Å². The highest BCUT2D eigenvalue weighted by Gasteiger charge is 2.56. The Kier molecular flexibility index (Phi) is 1.84. The Morgan fingerprint density at radius 3 is 2.73 bits per heavy atom. The molecule has 84 valence electrons. The number of nitrogens with zero attached hydrogens (tertiary/aromatic N) is 4. The van der Waals surface area contributed by atoms with E-state index in [1.807, 2.05) is 0 Å². The van der Waals surface area contributed by atoms with Crippen LogP contribution in [0.5, 0.6) is 0 Å². The van der Waals surface area contributed by atoms with E-state index in [0.717, 1.165) is 19.9 Å². The lowest BCUT2D eigenvalue weighted by Gasteiger charge is -2.46. The second-order valence-corrected chi connectivity index (χ2v) is 5.20. The fourth-order valence-corrected chi connectivity index (χ4v) is 3.22. The summed E-state index contributed by atoms with van der Waals surface area (Å²) in [5.74, 6) is 0. The van der Waals surface area contributed by atoms with Crippen LogP contribution < -0.4 is 0 Å². The molecule has 0 aromatic rings. The van der Waals surface area contributed by atoms with Gasteiger partial charge >= 0.3 is 0 Å². The number of fused-ring (bicyclic) bond motifs is 1. The zero-order valence-electron chi connectivity index (χ0n) is 8.93. The maximum Gasteiger partial charge on any atom is 0.259 e. The monoisotopic (exact) mass is 212 g/mol. The van der Waals surface area contributed by atoms with Gasteiger partial charge in [-0.15, -0.1) is 0 Å². The van der Waals surface area contributed by atoms with Crippen LogP contribution in [0.15, 0.2) is 0 Å². The van der Waals surface area contributed by atoms with Gasteiger partial charge in [0, 0.05) is 17.5 Å². The van der Waals surface area contributed by atoms with Crippen molar-refractivity contribution in [2.24, 2.45) is 0 Å². The van der Waals surface area contributed by atoms with Crippen LogP contribution in [0.4, 0.5) is 0 Å². The summed E-state index contributed by atoms with van der Waals surface area (Å²) in [7, 11) is 0. The van der Waals surface area contributed by atoms with E-state index in [1.165, 1.54) is 0 Å². The van der Waals surface area contributed by atoms with Gasteiger partial charge in [0.15, 0.2) is 0 Å². The summed E-state index contributed by atoms with van der Waals surface area (Å²) < 4.78 is 0. The number of hydrogen-bond acceptors (Lipinski definition) is 5. The van der Waals surface area contributed by atoms with Crippen molar-refractivity contribution in [3.8, 4) is 0 Å². The second-order valence-electron chi connectivity index (χ2n) is 5.20. The lowest BCUT2D eigenvalue weighted by Crippen LogP contribution is -2.69. The Labute approximate surface area is 88.6 Å². The van der Waals surface area contributed by atoms with E-state index in [2.05, 4.69) is 21.6 Å². The summed E-state index contributed by atoms with van der Waals surface area (Å²) in [6, 6.07) is 0.442. The molecule has 4 heterocycles. The highest BCUT2D eigenvalue weighted by atomic mass is 16.6. The van der Waals surface area contributed by atoms with Gasteiger partial charge in [-0.2, -0.15) is 0 Å². The molecule has 15 heavy (non-hydrogen) atoms. The molecule has 0 spiro atoms. The molecule has 0 aliphatic carbocycles. The summed E-state index contributed by atoms with van der Waals surface area (Å²) in [5, 5.41) is 11.2. The van der Waals surface area contributed by atoms with Gasteiger partial charge in [0.2, 0.25) is 0 Å². The van der Waals surface area contributed by atoms with E-state index < -0.39 is 5.54 Å². The summed E-state index contributed by atoms with van der Waals surface area (Å²) in [6.07, 6.45) is 0. The van der Waals surface area contributed by atoms with Gasteiger partial charge in [0.25, 0.3) is 5.54 Å². The van der Waals surface area contributed by atoms with Crippen LogP contribution in [-0.4, -0.2) is 70.7 Å². The van der Waals surface area contributed by atoms with E-state index in [9.17, 15) is 10.1 Å². The van der Waals surface area contributed by atoms with Gasteiger partial charge in [-0.05, 0) is 6.92 Å². The molecular weight excluding hydrogens is 196 g/mol. The highest BCUT2D eigenvalue weighted by Crippen LogP contribution is 2.30. The van der Waals surface area contributed by atoms with Crippen molar-refractivity contribution in [2.45, 2.75) is 18.5 Å². The minimum Gasteiger partial charge on any atom is -0.282 e. The molecule has 0 N–H and O–H groups in total. The Balaban J connectivity index is 1.98. The molecule has 5 atom stereocenters. The standard InChI is InChI=1S/C9H16N4O2/c1-8-2-10-3-9(13(14)15)4-11(6-10)7-12(8)5-9/h8H,2-7H2,1H3. The average Bonchev–Trinajstić information content (AvgIpc) is 2.30. The van der Waals surface area contributed by atoms with E-state index in [4.69, 9.17) is 0 Å². The van der Waals surface area contributed by atoms with E-state index in [0.29, 0.717) is 25.7 Å². The molecule has 0 aromatic carbocycles. The molecule has 0 aromatic heterocycles. The number of nitro groups is 1. The van der Waals surface area contributed by atoms with Crippen molar-refractivity contribution >= 4 is 0 Å². The molecule has 4 saturated heterocycles. The maximum absolute atomic E-state index is 11.2. The number of rotatable bonds is 1. The van der Waals surface area contributed by atoms with Crippen molar-refractivity contribution in [3.63, 3.8) is 0 Å². The van der Waals surface area contributed by atoms with Crippen LogP contribution in [-0.2, 0) is 0 Å². The Hall–Kier alpha value is -0.720. The van der Waals surface area contributed by atoms with Crippen LogP contribution in [0.2, 0.25) is 0 Å². The van der Waals surface area contributed by atoms with Crippen LogP contribution in [0.1, 0.15) is 6.92 Å². The first-order chi connectivity index (χ1) is 7.09. The molecule has 6 heteroatoms. The van der Waals surface area contributed by atoms with Crippen molar-refractivity contribution in [1.82, 2.24) is 14.7 Å². The van der Waals surface area contributed by atoms with Crippen molar-refractivity contribution < 1.29 is 4.92 Å². The fourth-order valence-electron chi connectivity index (χ4n) is 3.22. The molecule has 4 aliphatic rings. The van der Waals surface area contributed by atoms with Crippen LogP contribution >= 0.6 is 0 Å². The summed E-state index contributed by atoms with van der Waals surface area (Å²) in [6.45, 7) is 6.79. The van der Waals surface area contributed by atoms with E-state index in [1.54, 1.807) is 0 Å². The van der Waals surface area contributed by atoms with Gasteiger partial charge in [0.1, 0.15) is 0 Å². The first kappa shape index (κ1) is 9.50. The van der Waals surface area contributed by atoms with Crippen molar-refractivity contribution in [2.75, 3.05) is 39.5 Å². The molecule has 4 bridgehead atoms. The minimum absolute atomic E-state index is 0.0592. The van der Waals surface area contributed by atoms with E-state index >= 15 is 0 Å². The smallest absolute Gasteiger partial charge is 0.259 e.